The molecule has 7 heteroatoms. The van der Waals surface area contributed by atoms with Gasteiger partial charge in [-0.1, -0.05) is 60.2 Å². The number of carbonyl (C=O) groups excluding carboxylic acids is 1. The molecule has 1 saturated heterocycles. The molecule has 3 aromatic rings. The summed E-state index contributed by atoms with van der Waals surface area (Å²) in [6.45, 7) is 3.56. The first kappa shape index (κ1) is 24.0. The summed E-state index contributed by atoms with van der Waals surface area (Å²) in [5, 5.41) is 2.99. The number of carbonyl (C=O) groups is 1. The molecule has 3 aromatic carbocycles. The number of aryl methyl sites for hydroxylation is 1. The van der Waals surface area contributed by atoms with E-state index in [9.17, 15) is 13.2 Å². The molecule has 1 amide bonds. The average molecular weight is 479 g/mol. The van der Waals surface area contributed by atoms with Crippen LogP contribution in [0.4, 0.5) is 0 Å². The van der Waals surface area contributed by atoms with E-state index in [0.29, 0.717) is 44.0 Å². The molecular formula is C27H30N2O4S. The van der Waals surface area contributed by atoms with Crippen LogP contribution in [0.2, 0.25) is 0 Å². The minimum absolute atomic E-state index is 0.0308. The Morgan fingerprint density at radius 2 is 1.56 bits per heavy atom. The normalized spacial score (nSPS) is 15.1. The maximum Gasteiger partial charge on any atom is 0.243 e. The van der Waals surface area contributed by atoms with Crippen molar-refractivity contribution in [3.8, 4) is 5.75 Å². The Labute approximate surface area is 201 Å². The quantitative estimate of drug-likeness (QED) is 0.524. The van der Waals surface area contributed by atoms with Crippen molar-refractivity contribution in [2.24, 2.45) is 5.92 Å². The van der Waals surface area contributed by atoms with Gasteiger partial charge in [0.15, 0.2) is 0 Å². The summed E-state index contributed by atoms with van der Waals surface area (Å²) in [6, 6.07) is 24.6. The monoisotopic (exact) mass is 478 g/mol. The molecule has 1 heterocycles. The number of benzene rings is 3. The number of sulfonamides is 1. The second-order valence-electron chi connectivity index (χ2n) is 8.63. The highest BCUT2D eigenvalue weighted by Crippen LogP contribution is 2.24. The molecular weight excluding hydrogens is 448 g/mol. The van der Waals surface area contributed by atoms with Crippen molar-refractivity contribution in [3.63, 3.8) is 0 Å². The van der Waals surface area contributed by atoms with Crippen molar-refractivity contribution in [1.29, 1.82) is 0 Å². The number of hydrogen-bond donors (Lipinski definition) is 1. The second-order valence-corrected chi connectivity index (χ2v) is 10.6. The molecule has 0 unspecified atom stereocenters. The first-order chi connectivity index (χ1) is 16.4. The van der Waals surface area contributed by atoms with E-state index in [1.165, 1.54) is 4.31 Å². The van der Waals surface area contributed by atoms with Gasteiger partial charge in [0.2, 0.25) is 15.9 Å². The van der Waals surface area contributed by atoms with Crippen LogP contribution in [0.3, 0.4) is 0 Å². The topological polar surface area (TPSA) is 75.7 Å². The third-order valence-electron chi connectivity index (χ3n) is 6.12. The number of amides is 1. The molecule has 0 aliphatic carbocycles. The van der Waals surface area contributed by atoms with E-state index in [2.05, 4.69) is 5.32 Å². The van der Waals surface area contributed by atoms with Crippen molar-refractivity contribution >= 4 is 15.9 Å². The molecule has 0 saturated carbocycles. The Bertz CT molecular complexity index is 1190. The molecule has 1 aliphatic heterocycles. The minimum Gasteiger partial charge on any atom is -0.489 e. The lowest BCUT2D eigenvalue weighted by molar-refractivity contribution is -0.126. The fourth-order valence-electron chi connectivity index (χ4n) is 4.00. The lowest BCUT2D eigenvalue weighted by atomic mass is 9.97. The molecule has 4 rings (SSSR count). The summed E-state index contributed by atoms with van der Waals surface area (Å²) in [5.41, 5.74) is 3.11. The van der Waals surface area contributed by atoms with Gasteiger partial charge in [0.1, 0.15) is 12.4 Å². The number of hydrogen-bond acceptors (Lipinski definition) is 4. The number of ether oxygens (including phenoxy) is 1. The van der Waals surface area contributed by atoms with Gasteiger partial charge in [0, 0.05) is 25.6 Å². The van der Waals surface area contributed by atoms with Gasteiger partial charge in [-0.2, -0.15) is 4.31 Å². The minimum atomic E-state index is -3.52. The van der Waals surface area contributed by atoms with Crippen LogP contribution in [-0.2, 0) is 28.0 Å². The maximum atomic E-state index is 12.9. The predicted molar refractivity (Wildman–Crippen MR) is 132 cm³/mol. The summed E-state index contributed by atoms with van der Waals surface area (Å²) < 4.78 is 33.0. The molecule has 1 fully saturated rings. The first-order valence-electron chi connectivity index (χ1n) is 11.5. The van der Waals surface area contributed by atoms with Crippen molar-refractivity contribution in [2.45, 2.75) is 37.8 Å². The zero-order chi connectivity index (χ0) is 24.0. The third-order valence-corrected chi connectivity index (χ3v) is 8.03. The molecule has 0 bridgehead atoms. The Morgan fingerprint density at radius 3 is 2.21 bits per heavy atom. The van der Waals surface area contributed by atoms with Crippen molar-refractivity contribution in [2.75, 3.05) is 13.1 Å². The van der Waals surface area contributed by atoms with Crippen LogP contribution in [0, 0.1) is 12.8 Å². The fraction of sp³-hybridized carbons (Fsp3) is 0.296. The van der Waals surface area contributed by atoms with Gasteiger partial charge >= 0.3 is 0 Å². The van der Waals surface area contributed by atoms with Crippen molar-refractivity contribution < 1.29 is 17.9 Å². The Balaban J connectivity index is 1.23. The zero-order valence-electron chi connectivity index (χ0n) is 19.3. The molecule has 1 N–H and O–H groups in total. The highest BCUT2D eigenvalue weighted by Gasteiger charge is 2.31. The molecule has 178 valence electrons. The van der Waals surface area contributed by atoms with Gasteiger partial charge in [-0.25, -0.2) is 8.42 Å². The van der Waals surface area contributed by atoms with Gasteiger partial charge in [0.25, 0.3) is 0 Å². The number of piperidine rings is 1. The van der Waals surface area contributed by atoms with Crippen molar-refractivity contribution in [3.05, 3.63) is 95.6 Å². The van der Waals surface area contributed by atoms with Gasteiger partial charge < -0.3 is 10.1 Å². The van der Waals surface area contributed by atoms with E-state index in [0.717, 1.165) is 22.4 Å². The van der Waals surface area contributed by atoms with E-state index in [1.54, 1.807) is 24.3 Å². The van der Waals surface area contributed by atoms with Gasteiger partial charge in [-0.3, -0.25) is 4.79 Å². The predicted octanol–water partition coefficient (Wildman–Crippen LogP) is 4.29. The molecule has 0 spiro atoms. The number of nitrogens with zero attached hydrogens (tertiary/aromatic N) is 1. The van der Waals surface area contributed by atoms with Crippen LogP contribution in [0.1, 0.15) is 29.5 Å². The van der Waals surface area contributed by atoms with Crippen LogP contribution in [0.15, 0.2) is 83.8 Å². The molecule has 6 nitrogen and oxygen atoms in total. The van der Waals surface area contributed by atoms with Gasteiger partial charge in [-0.05, 0) is 55.2 Å². The molecule has 34 heavy (non-hydrogen) atoms. The van der Waals surface area contributed by atoms with Gasteiger partial charge in [0.05, 0.1) is 4.90 Å². The molecule has 0 radical (unpaired) electrons. The molecule has 0 atom stereocenters. The number of nitrogens with one attached hydrogen (secondary N) is 1. The summed E-state index contributed by atoms with van der Waals surface area (Å²) in [7, 11) is -3.52. The average Bonchev–Trinajstić information content (AvgIpc) is 2.87. The maximum absolute atomic E-state index is 12.9. The van der Waals surface area contributed by atoms with Crippen LogP contribution in [0.5, 0.6) is 5.75 Å². The molecule has 1 aliphatic rings. The first-order valence-corrected chi connectivity index (χ1v) is 13.0. The third kappa shape index (κ3) is 6.04. The fourth-order valence-corrected chi connectivity index (χ4v) is 5.47. The summed E-state index contributed by atoms with van der Waals surface area (Å²) in [5.74, 6) is 0.566. The van der Waals surface area contributed by atoms with E-state index < -0.39 is 10.0 Å². The Hall–Kier alpha value is -3.16. The largest absolute Gasteiger partial charge is 0.489 e. The lowest BCUT2D eigenvalue weighted by Gasteiger charge is -2.30. The Kier molecular flexibility index (Phi) is 7.65. The van der Waals surface area contributed by atoms with E-state index in [1.807, 2.05) is 61.5 Å². The van der Waals surface area contributed by atoms with Crippen LogP contribution < -0.4 is 10.1 Å². The summed E-state index contributed by atoms with van der Waals surface area (Å²) in [4.78, 5) is 13.0. The number of rotatable bonds is 8. The molecule has 0 aromatic heterocycles. The van der Waals surface area contributed by atoms with Gasteiger partial charge in [-0.15, -0.1) is 0 Å². The Morgan fingerprint density at radius 1 is 0.912 bits per heavy atom. The highest BCUT2D eigenvalue weighted by molar-refractivity contribution is 7.89. The lowest BCUT2D eigenvalue weighted by Crippen LogP contribution is -2.42. The van der Waals surface area contributed by atoms with Crippen molar-refractivity contribution in [1.82, 2.24) is 9.62 Å². The summed E-state index contributed by atoms with van der Waals surface area (Å²) >= 11 is 0. The highest BCUT2D eigenvalue weighted by atomic mass is 32.2. The van der Waals surface area contributed by atoms with Crippen LogP contribution >= 0.6 is 0 Å². The van der Waals surface area contributed by atoms with E-state index in [-0.39, 0.29) is 11.8 Å². The SMILES string of the molecule is Cc1ccc(S(=O)(=O)N2CCC(C(=O)NCc3ccc(OCc4ccccc4)cc3)CC2)cc1. The zero-order valence-corrected chi connectivity index (χ0v) is 20.1. The smallest absolute Gasteiger partial charge is 0.243 e. The van der Waals surface area contributed by atoms with E-state index >= 15 is 0 Å². The second kappa shape index (κ2) is 10.8. The van der Waals surface area contributed by atoms with Crippen LogP contribution in [0.25, 0.3) is 0 Å². The van der Waals surface area contributed by atoms with Crippen LogP contribution in [-0.4, -0.2) is 31.7 Å². The standard InChI is InChI=1S/C27H30N2O4S/c1-21-7-13-26(14-8-21)34(31,32)29-17-15-24(16-18-29)27(30)28-19-22-9-11-25(12-10-22)33-20-23-5-3-2-4-6-23/h2-14,24H,15-20H2,1H3,(H,28,30). The van der Waals surface area contributed by atoms with E-state index in [4.69, 9.17) is 4.74 Å². The summed E-state index contributed by atoms with van der Waals surface area (Å²) in [6.07, 6.45) is 1.03.